The Morgan fingerprint density at radius 1 is 1.24 bits per heavy atom. The first-order valence-electron chi connectivity index (χ1n) is 11.0. The smallest absolute Gasteiger partial charge is 0.221 e. The van der Waals surface area contributed by atoms with Crippen molar-refractivity contribution in [1.82, 2.24) is 20.1 Å². The maximum absolute atomic E-state index is 12.3. The normalized spacial score (nSPS) is 15.5. The van der Waals surface area contributed by atoms with Crippen molar-refractivity contribution < 1.29 is 14.3 Å². The molecule has 174 valence electrons. The number of thioether (sulfide) groups is 1. The van der Waals surface area contributed by atoms with Gasteiger partial charge in [-0.15, -0.1) is 10.2 Å². The van der Waals surface area contributed by atoms with E-state index in [2.05, 4.69) is 20.1 Å². The first kappa shape index (κ1) is 23.6. The summed E-state index contributed by atoms with van der Waals surface area (Å²) in [6.07, 6.45) is 2.61. The number of nitrogens with zero attached hydrogens (tertiary/aromatic N) is 3. The zero-order valence-corrected chi connectivity index (χ0v) is 20.1. The number of aromatic nitrogens is 3. The van der Waals surface area contributed by atoms with Gasteiger partial charge in [-0.2, -0.15) is 0 Å². The molecule has 0 spiro atoms. The van der Waals surface area contributed by atoms with Gasteiger partial charge in [-0.1, -0.05) is 41.6 Å². The lowest BCUT2D eigenvalue weighted by molar-refractivity contribution is -0.120. The minimum atomic E-state index is -0.0250. The Morgan fingerprint density at radius 2 is 2.06 bits per heavy atom. The zero-order valence-electron chi connectivity index (χ0n) is 18.5. The van der Waals surface area contributed by atoms with Crippen molar-refractivity contribution in [2.24, 2.45) is 0 Å². The Kier molecular flexibility index (Phi) is 8.25. The van der Waals surface area contributed by atoms with Gasteiger partial charge in [-0.25, -0.2) is 0 Å². The number of benzene rings is 2. The van der Waals surface area contributed by atoms with E-state index in [0.29, 0.717) is 30.3 Å². The minimum Gasteiger partial charge on any atom is -0.497 e. The van der Waals surface area contributed by atoms with Gasteiger partial charge >= 0.3 is 0 Å². The second-order valence-electron chi connectivity index (χ2n) is 7.75. The second-order valence-corrected chi connectivity index (χ2v) is 9.22. The number of amides is 1. The molecule has 1 aliphatic heterocycles. The van der Waals surface area contributed by atoms with E-state index in [9.17, 15) is 4.79 Å². The summed E-state index contributed by atoms with van der Waals surface area (Å²) in [6.45, 7) is 1.90. The molecule has 7 nitrogen and oxygen atoms in total. The van der Waals surface area contributed by atoms with Crippen LogP contribution in [0.2, 0.25) is 5.02 Å². The number of hydrogen-bond acceptors (Lipinski definition) is 6. The van der Waals surface area contributed by atoms with Gasteiger partial charge in [0, 0.05) is 35.9 Å². The van der Waals surface area contributed by atoms with Crippen LogP contribution in [0, 0.1) is 0 Å². The molecule has 1 N–H and O–H groups in total. The largest absolute Gasteiger partial charge is 0.497 e. The van der Waals surface area contributed by atoms with Crippen molar-refractivity contribution in [2.45, 2.75) is 43.6 Å². The van der Waals surface area contributed by atoms with Crippen LogP contribution in [0.3, 0.4) is 0 Å². The van der Waals surface area contributed by atoms with Crippen molar-refractivity contribution in [3.63, 3.8) is 0 Å². The van der Waals surface area contributed by atoms with Gasteiger partial charge < -0.3 is 14.8 Å². The zero-order chi connectivity index (χ0) is 23.0. The van der Waals surface area contributed by atoms with E-state index in [-0.39, 0.29) is 12.0 Å². The first-order valence-corrected chi connectivity index (χ1v) is 12.3. The fraction of sp³-hybridized carbons (Fsp3) is 0.375. The fourth-order valence-electron chi connectivity index (χ4n) is 3.66. The van der Waals surface area contributed by atoms with Crippen molar-refractivity contribution in [3.05, 3.63) is 59.1 Å². The lowest BCUT2D eigenvalue weighted by Gasteiger charge is -2.15. The molecule has 2 heterocycles. The van der Waals surface area contributed by atoms with Gasteiger partial charge in [0.25, 0.3) is 0 Å². The summed E-state index contributed by atoms with van der Waals surface area (Å²) >= 11 is 7.69. The molecule has 1 saturated heterocycles. The number of methoxy groups -OCH3 is 1. The molecule has 0 bridgehead atoms. The van der Waals surface area contributed by atoms with Gasteiger partial charge in [-0.05, 0) is 48.7 Å². The summed E-state index contributed by atoms with van der Waals surface area (Å²) in [5.74, 6) is 2.16. The molecule has 0 saturated carbocycles. The van der Waals surface area contributed by atoms with E-state index in [0.717, 1.165) is 47.3 Å². The third-order valence-electron chi connectivity index (χ3n) is 5.47. The maximum atomic E-state index is 12.3. The van der Waals surface area contributed by atoms with Crippen LogP contribution >= 0.6 is 23.4 Å². The number of ether oxygens (including phenoxy) is 2. The average molecular weight is 487 g/mol. The number of nitrogens with one attached hydrogen (secondary N) is 1. The number of carbonyl (C=O) groups is 1. The molecule has 1 fully saturated rings. The molecule has 4 rings (SSSR count). The summed E-state index contributed by atoms with van der Waals surface area (Å²) in [5, 5.41) is 13.2. The van der Waals surface area contributed by atoms with Crippen molar-refractivity contribution in [2.75, 3.05) is 19.5 Å². The molecule has 3 aromatic rings. The summed E-state index contributed by atoms with van der Waals surface area (Å²) in [5.41, 5.74) is 1.87. The molecule has 1 aliphatic rings. The van der Waals surface area contributed by atoms with Crippen LogP contribution in [0.1, 0.15) is 24.8 Å². The predicted octanol–water partition coefficient (Wildman–Crippen LogP) is 4.58. The van der Waals surface area contributed by atoms with E-state index in [4.69, 9.17) is 21.1 Å². The Labute approximate surface area is 202 Å². The van der Waals surface area contributed by atoms with E-state index >= 15 is 0 Å². The third-order valence-corrected chi connectivity index (χ3v) is 6.81. The standard InChI is InChI=1S/C24H27ClN4O3S/c1-31-19-10-8-17(9-11-19)23-27-28-24(29(23)16-20-6-4-13-32-20)33-14-12-22(30)26-15-18-5-2-3-7-21(18)25/h2-3,5,7-11,20H,4,6,12-16H2,1H3,(H,26,30). The Morgan fingerprint density at radius 3 is 2.79 bits per heavy atom. The predicted molar refractivity (Wildman–Crippen MR) is 130 cm³/mol. The Bertz CT molecular complexity index is 1070. The van der Waals surface area contributed by atoms with E-state index in [1.54, 1.807) is 7.11 Å². The lowest BCUT2D eigenvalue weighted by atomic mass is 10.2. The van der Waals surface area contributed by atoms with E-state index in [1.165, 1.54) is 11.8 Å². The quantitative estimate of drug-likeness (QED) is 0.422. The van der Waals surface area contributed by atoms with Crippen LogP contribution in [0.25, 0.3) is 11.4 Å². The molecule has 1 atom stereocenters. The van der Waals surface area contributed by atoms with Crippen molar-refractivity contribution in [1.29, 1.82) is 0 Å². The molecular weight excluding hydrogens is 460 g/mol. The SMILES string of the molecule is COc1ccc(-c2nnc(SCCC(=O)NCc3ccccc3Cl)n2CC2CCCO2)cc1. The summed E-state index contributed by atoms with van der Waals surface area (Å²) in [6, 6.07) is 15.3. The van der Waals surface area contributed by atoms with Gasteiger partial charge in [0.1, 0.15) is 5.75 Å². The van der Waals surface area contributed by atoms with E-state index in [1.807, 2.05) is 48.5 Å². The van der Waals surface area contributed by atoms with Crippen LogP contribution in [-0.4, -0.2) is 46.2 Å². The molecule has 9 heteroatoms. The molecule has 1 aromatic heterocycles. The van der Waals surface area contributed by atoms with Crippen LogP contribution in [0.15, 0.2) is 53.7 Å². The van der Waals surface area contributed by atoms with Gasteiger partial charge in [-0.3, -0.25) is 9.36 Å². The fourth-order valence-corrected chi connectivity index (χ4v) is 4.75. The Hall–Kier alpha value is -2.55. The van der Waals surface area contributed by atoms with Gasteiger partial charge in [0.2, 0.25) is 5.91 Å². The topological polar surface area (TPSA) is 78.3 Å². The average Bonchev–Trinajstić information content (AvgIpc) is 3.49. The van der Waals surface area contributed by atoms with Crippen LogP contribution in [0.4, 0.5) is 0 Å². The molecule has 2 aromatic carbocycles. The second kappa shape index (κ2) is 11.5. The number of halogens is 1. The third kappa shape index (κ3) is 6.28. The first-order chi connectivity index (χ1) is 16.1. The number of hydrogen-bond donors (Lipinski definition) is 1. The molecule has 1 unspecified atom stereocenters. The summed E-state index contributed by atoms with van der Waals surface area (Å²) in [7, 11) is 1.65. The van der Waals surface area contributed by atoms with Crippen LogP contribution < -0.4 is 10.1 Å². The van der Waals surface area contributed by atoms with Crippen molar-refractivity contribution in [3.8, 4) is 17.1 Å². The van der Waals surface area contributed by atoms with Crippen LogP contribution in [0.5, 0.6) is 5.75 Å². The highest BCUT2D eigenvalue weighted by molar-refractivity contribution is 7.99. The monoisotopic (exact) mass is 486 g/mol. The van der Waals surface area contributed by atoms with Crippen LogP contribution in [-0.2, 0) is 22.6 Å². The highest BCUT2D eigenvalue weighted by atomic mass is 35.5. The highest BCUT2D eigenvalue weighted by Crippen LogP contribution is 2.28. The Balaban J connectivity index is 1.39. The van der Waals surface area contributed by atoms with Gasteiger partial charge in [0.15, 0.2) is 11.0 Å². The highest BCUT2D eigenvalue weighted by Gasteiger charge is 2.22. The molecule has 33 heavy (non-hydrogen) atoms. The number of rotatable bonds is 10. The summed E-state index contributed by atoms with van der Waals surface area (Å²) < 4.78 is 13.2. The molecular formula is C24H27ClN4O3S. The van der Waals surface area contributed by atoms with Crippen molar-refractivity contribution >= 4 is 29.3 Å². The molecule has 1 amide bonds. The lowest BCUT2D eigenvalue weighted by Crippen LogP contribution is -2.23. The van der Waals surface area contributed by atoms with E-state index < -0.39 is 0 Å². The molecule has 0 aliphatic carbocycles. The molecule has 0 radical (unpaired) electrons. The maximum Gasteiger partial charge on any atom is 0.221 e. The summed E-state index contributed by atoms with van der Waals surface area (Å²) in [4.78, 5) is 12.3. The minimum absolute atomic E-state index is 0.0250. The van der Waals surface area contributed by atoms with Gasteiger partial charge in [0.05, 0.1) is 19.8 Å². The number of carbonyl (C=O) groups excluding carboxylic acids is 1.